The minimum atomic E-state index is -0.382. The highest BCUT2D eigenvalue weighted by molar-refractivity contribution is 5.84. The molecule has 2 aromatic carbocycles. The second kappa shape index (κ2) is 8.02. The summed E-state index contributed by atoms with van der Waals surface area (Å²) < 4.78 is 24.3. The Morgan fingerprint density at radius 3 is 2.80 bits per heavy atom. The molecule has 4 aromatic rings. The normalized spacial score (nSPS) is 11.2. The molecule has 6 nitrogen and oxygen atoms in total. The Hall–Kier alpha value is -3.61. The molecule has 4 rings (SSSR count). The molecule has 1 amide bonds. The number of hydrogen-bond acceptors (Lipinski definition) is 4. The minimum Gasteiger partial charge on any atom is -0.484 e. The van der Waals surface area contributed by atoms with Crippen LogP contribution in [0.4, 0.5) is 4.39 Å². The zero-order chi connectivity index (χ0) is 21.3. The summed E-state index contributed by atoms with van der Waals surface area (Å²) in [4.78, 5) is 27.0. The van der Waals surface area contributed by atoms with Crippen molar-refractivity contribution in [2.75, 3.05) is 13.2 Å². The first kappa shape index (κ1) is 19.7. The van der Waals surface area contributed by atoms with Crippen molar-refractivity contribution in [3.63, 3.8) is 0 Å². The van der Waals surface area contributed by atoms with Crippen LogP contribution in [0.1, 0.15) is 16.7 Å². The van der Waals surface area contributed by atoms with Crippen LogP contribution in [0.5, 0.6) is 5.75 Å². The van der Waals surface area contributed by atoms with Gasteiger partial charge in [0, 0.05) is 40.7 Å². The molecule has 0 aliphatic rings. The third kappa shape index (κ3) is 3.91. The van der Waals surface area contributed by atoms with Gasteiger partial charge in [-0.05, 0) is 61.7 Å². The second-order valence-corrected chi connectivity index (χ2v) is 7.19. The highest BCUT2D eigenvalue weighted by Crippen LogP contribution is 2.24. The summed E-state index contributed by atoms with van der Waals surface area (Å²) in [7, 11) is 0. The van der Waals surface area contributed by atoms with Crippen molar-refractivity contribution in [1.82, 2.24) is 10.3 Å². The molecule has 0 atom stereocenters. The first-order valence-electron chi connectivity index (χ1n) is 9.61. The molecular formula is C23H21FN2O4. The van der Waals surface area contributed by atoms with Gasteiger partial charge in [-0.25, -0.2) is 9.18 Å². The Morgan fingerprint density at radius 1 is 1.13 bits per heavy atom. The van der Waals surface area contributed by atoms with Crippen LogP contribution in [0, 0.1) is 19.7 Å². The third-order valence-corrected chi connectivity index (χ3v) is 5.24. The maximum absolute atomic E-state index is 13.4. The van der Waals surface area contributed by atoms with E-state index in [9.17, 15) is 14.0 Å². The fourth-order valence-corrected chi connectivity index (χ4v) is 3.41. The Balaban J connectivity index is 1.34. The Morgan fingerprint density at radius 2 is 1.97 bits per heavy atom. The van der Waals surface area contributed by atoms with E-state index in [4.69, 9.17) is 9.15 Å². The first-order valence-corrected chi connectivity index (χ1v) is 9.61. The zero-order valence-corrected chi connectivity index (χ0v) is 16.7. The van der Waals surface area contributed by atoms with E-state index in [1.165, 1.54) is 12.1 Å². The molecule has 0 aliphatic carbocycles. The molecule has 7 heteroatoms. The number of nitrogens with one attached hydrogen (secondary N) is 2. The predicted molar refractivity (Wildman–Crippen MR) is 112 cm³/mol. The minimum absolute atomic E-state index is 0.164. The summed E-state index contributed by atoms with van der Waals surface area (Å²) in [6.45, 7) is 3.83. The standard InChI is InChI=1S/C23H21FN2O4/c1-13-14(2)23(28)30-21-10-17(4-5-18(13)21)29-12-22(27)25-8-7-15-11-26-20-6-3-16(24)9-19(15)20/h3-6,9-11,26H,7-8,12H2,1-2H3,(H,25,27). The number of H-pyrrole nitrogens is 1. The van der Waals surface area contributed by atoms with Gasteiger partial charge in [0.25, 0.3) is 5.91 Å². The predicted octanol–water partition coefficient (Wildman–Crippen LogP) is 3.77. The van der Waals surface area contributed by atoms with Crippen molar-refractivity contribution < 1.29 is 18.3 Å². The summed E-state index contributed by atoms with van der Waals surface area (Å²) in [6.07, 6.45) is 2.38. The van der Waals surface area contributed by atoms with Crippen LogP contribution < -0.4 is 15.7 Å². The molecule has 154 valence electrons. The number of aryl methyl sites for hydroxylation is 1. The van der Waals surface area contributed by atoms with Crippen LogP contribution in [0.3, 0.4) is 0 Å². The van der Waals surface area contributed by atoms with Crippen LogP contribution in [-0.2, 0) is 11.2 Å². The Labute approximate surface area is 171 Å². The number of benzene rings is 2. The number of carbonyl (C=O) groups excluding carboxylic acids is 1. The van der Waals surface area contributed by atoms with Crippen LogP contribution in [-0.4, -0.2) is 24.0 Å². The summed E-state index contributed by atoms with van der Waals surface area (Å²) in [6, 6.07) is 9.73. The molecule has 0 radical (unpaired) electrons. The van der Waals surface area contributed by atoms with Crippen molar-refractivity contribution in [2.45, 2.75) is 20.3 Å². The lowest BCUT2D eigenvalue weighted by atomic mass is 10.1. The number of rotatable bonds is 6. The van der Waals surface area contributed by atoms with E-state index in [2.05, 4.69) is 10.3 Å². The number of fused-ring (bicyclic) bond motifs is 2. The molecule has 0 saturated carbocycles. The topological polar surface area (TPSA) is 84.3 Å². The quantitative estimate of drug-likeness (QED) is 0.476. The van der Waals surface area contributed by atoms with Crippen molar-refractivity contribution in [3.05, 3.63) is 75.5 Å². The van der Waals surface area contributed by atoms with Crippen molar-refractivity contribution in [1.29, 1.82) is 0 Å². The number of ether oxygens (including phenoxy) is 1. The lowest BCUT2D eigenvalue weighted by Gasteiger charge is -2.09. The highest BCUT2D eigenvalue weighted by atomic mass is 19.1. The summed E-state index contributed by atoms with van der Waals surface area (Å²) in [5.74, 6) is -0.129. The first-order chi connectivity index (χ1) is 14.4. The van der Waals surface area contributed by atoms with E-state index in [1.54, 1.807) is 25.1 Å². The van der Waals surface area contributed by atoms with Gasteiger partial charge in [-0.3, -0.25) is 4.79 Å². The average molecular weight is 408 g/mol. The number of hydrogen-bond donors (Lipinski definition) is 2. The number of aromatic amines is 1. The lowest BCUT2D eigenvalue weighted by Crippen LogP contribution is -2.30. The average Bonchev–Trinajstić information content (AvgIpc) is 3.12. The van der Waals surface area contributed by atoms with Crippen molar-refractivity contribution in [3.8, 4) is 5.75 Å². The number of carbonyl (C=O) groups is 1. The van der Waals surface area contributed by atoms with Gasteiger partial charge in [0.1, 0.15) is 17.1 Å². The van der Waals surface area contributed by atoms with Gasteiger partial charge < -0.3 is 19.5 Å². The van der Waals surface area contributed by atoms with Crippen molar-refractivity contribution >= 4 is 27.8 Å². The molecule has 2 heterocycles. The molecule has 0 unspecified atom stereocenters. The van der Waals surface area contributed by atoms with E-state index in [-0.39, 0.29) is 24.0 Å². The maximum Gasteiger partial charge on any atom is 0.339 e. The van der Waals surface area contributed by atoms with Crippen LogP contribution in [0.15, 0.2) is 51.8 Å². The zero-order valence-electron chi connectivity index (χ0n) is 16.7. The second-order valence-electron chi connectivity index (χ2n) is 7.19. The van der Waals surface area contributed by atoms with Gasteiger partial charge >= 0.3 is 5.63 Å². The molecule has 0 bridgehead atoms. The lowest BCUT2D eigenvalue weighted by molar-refractivity contribution is -0.123. The third-order valence-electron chi connectivity index (χ3n) is 5.24. The van der Waals surface area contributed by atoms with Crippen LogP contribution in [0.25, 0.3) is 21.9 Å². The summed E-state index contributed by atoms with van der Waals surface area (Å²) in [5, 5.41) is 4.43. The molecular weight excluding hydrogens is 387 g/mol. The van der Waals surface area contributed by atoms with Gasteiger partial charge in [0.15, 0.2) is 6.61 Å². The Bertz CT molecular complexity index is 1310. The number of halogens is 1. The fourth-order valence-electron chi connectivity index (χ4n) is 3.41. The van der Waals surface area contributed by atoms with Gasteiger partial charge in [-0.2, -0.15) is 0 Å². The van der Waals surface area contributed by atoms with Crippen molar-refractivity contribution in [2.24, 2.45) is 0 Å². The van der Waals surface area contributed by atoms with Crippen LogP contribution >= 0.6 is 0 Å². The summed E-state index contributed by atoms with van der Waals surface area (Å²) >= 11 is 0. The largest absolute Gasteiger partial charge is 0.484 e. The van der Waals surface area contributed by atoms with E-state index in [0.717, 1.165) is 27.4 Å². The molecule has 0 fully saturated rings. The Kier molecular flexibility index (Phi) is 5.27. The molecule has 0 saturated heterocycles. The van der Waals surface area contributed by atoms with E-state index < -0.39 is 0 Å². The van der Waals surface area contributed by atoms with Gasteiger partial charge in [-0.1, -0.05) is 0 Å². The van der Waals surface area contributed by atoms with Gasteiger partial charge in [-0.15, -0.1) is 0 Å². The fraction of sp³-hybridized carbons (Fsp3) is 0.217. The monoisotopic (exact) mass is 408 g/mol. The molecule has 0 spiro atoms. The summed E-state index contributed by atoms with van der Waals surface area (Å²) in [5.41, 5.74) is 3.27. The SMILES string of the molecule is Cc1c(C)c2ccc(OCC(=O)NCCc3c[nH]c4ccc(F)cc34)cc2oc1=O. The molecule has 2 N–H and O–H groups in total. The molecule has 0 aliphatic heterocycles. The van der Waals surface area contributed by atoms with Gasteiger partial charge in [0.05, 0.1) is 0 Å². The smallest absolute Gasteiger partial charge is 0.339 e. The van der Waals surface area contributed by atoms with Gasteiger partial charge in [0.2, 0.25) is 0 Å². The molecule has 30 heavy (non-hydrogen) atoms. The van der Waals surface area contributed by atoms with E-state index in [1.807, 2.05) is 19.2 Å². The highest BCUT2D eigenvalue weighted by Gasteiger charge is 2.10. The number of aromatic nitrogens is 1. The van der Waals surface area contributed by atoms with E-state index >= 15 is 0 Å². The number of amides is 1. The maximum atomic E-state index is 13.4. The molecule has 2 aromatic heterocycles. The van der Waals surface area contributed by atoms with E-state index in [0.29, 0.717) is 29.9 Å². The van der Waals surface area contributed by atoms with Crippen LogP contribution in [0.2, 0.25) is 0 Å².